The minimum Gasteiger partial charge on any atom is -0.378 e. The second-order valence-corrected chi connectivity index (χ2v) is 7.53. The summed E-state index contributed by atoms with van der Waals surface area (Å²) in [5.41, 5.74) is 1.47. The van der Waals surface area contributed by atoms with Crippen LogP contribution >= 0.6 is 11.5 Å². The Labute approximate surface area is 137 Å². The van der Waals surface area contributed by atoms with E-state index in [0.717, 1.165) is 42.2 Å². The number of hydrogen-bond donors (Lipinski definition) is 2. The predicted octanol–water partition coefficient (Wildman–Crippen LogP) is 2.59. The molecule has 1 aromatic heterocycles. The average Bonchev–Trinajstić information content (AvgIpc) is 2.78. The van der Waals surface area contributed by atoms with E-state index < -0.39 is 0 Å². The van der Waals surface area contributed by atoms with Crippen LogP contribution in [0.5, 0.6) is 0 Å². The molecule has 0 bridgehead atoms. The maximum absolute atomic E-state index is 12.5. The van der Waals surface area contributed by atoms with Crippen LogP contribution in [0.4, 0.5) is 5.00 Å². The molecule has 2 rings (SSSR count). The standard InChI is InChI=1S/C16H28N4OS/c1-10-6-11(2)8-20(7-10)9-12(3)18-15(21)14-13(4)19-22-16(14)17-5/h10-12,17H,6-9H2,1-5H3,(H,18,21)/t10-,11-,12+/m0/s1. The molecule has 0 aromatic carbocycles. The van der Waals surface area contributed by atoms with E-state index in [1.807, 2.05) is 14.0 Å². The third kappa shape index (κ3) is 4.20. The molecule has 5 nitrogen and oxygen atoms in total. The molecule has 1 aromatic rings. The molecule has 0 unspecified atom stereocenters. The number of carbonyl (C=O) groups excluding carboxylic acids is 1. The summed E-state index contributed by atoms with van der Waals surface area (Å²) >= 11 is 1.34. The summed E-state index contributed by atoms with van der Waals surface area (Å²) in [6, 6.07) is 0.133. The lowest BCUT2D eigenvalue weighted by atomic mass is 9.92. The van der Waals surface area contributed by atoms with Crippen molar-refractivity contribution < 1.29 is 4.79 Å². The van der Waals surface area contributed by atoms with E-state index in [-0.39, 0.29) is 11.9 Å². The number of aromatic nitrogens is 1. The molecule has 1 aliphatic rings. The van der Waals surface area contributed by atoms with Crippen LogP contribution in [0, 0.1) is 18.8 Å². The van der Waals surface area contributed by atoms with Crippen molar-refractivity contribution in [2.45, 2.75) is 40.2 Å². The highest BCUT2D eigenvalue weighted by molar-refractivity contribution is 7.10. The number of rotatable bonds is 5. The molecular formula is C16H28N4OS. The van der Waals surface area contributed by atoms with Gasteiger partial charge in [-0.3, -0.25) is 4.79 Å². The van der Waals surface area contributed by atoms with Crippen molar-refractivity contribution in [2.75, 3.05) is 32.0 Å². The normalized spacial score (nSPS) is 24.0. The van der Waals surface area contributed by atoms with Gasteiger partial charge in [0.25, 0.3) is 5.91 Å². The van der Waals surface area contributed by atoms with Crippen LogP contribution in [0.15, 0.2) is 0 Å². The molecule has 1 saturated heterocycles. The van der Waals surface area contributed by atoms with Gasteiger partial charge >= 0.3 is 0 Å². The second-order valence-electron chi connectivity index (χ2n) is 6.76. The molecule has 0 saturated carbocycles. The molecule has 3 atom stereocenters. The van der Waals surface area contributed by atoms with Crippen LogP contribution in [-0.4, -0.2) is 47.9 Å². The number of aryl methyl sites for hydroxylation is 1. The van der Waals surface area contributed by atoms with Gasteiger partial charge in [0.2, 0.25) is 0 Å². The van der Waals surface area contributed by atoms with Crippen LogP contribution in [0.3, 0.4) is 0 Å². The molecule has 0 radical (unpaired) electrons. The smallest absolute Gasteiger partial charge is 0.256 e. The van der Waals surface area contributed by atoms with Crippen LogP contribution < -0.4 is 10.6 Å². The Bertz CT molecular complexity index is 506. The van der Waals surface area contributed by atoms with Crippen molar-refractivity contribution in [3.8, 4) is 0 Å². The van der Waals surface area contributed by atoms with Gasteiger partial charge in [0, 0.05) is 32.7 Å². The number of piperidine rings is 1. The first-order valence-corrected chi connectivity index (χ1v) is 8.85. The lowest BCUT2D eigenvalue weighted by molar-refractivity contribution is 0.0905. The van der Waals surface area contributed by atoms with Crippen molar-refractivity contribution in [3.63, 3.8) is 0 Å². The van der Waals surface area contributed by atoms with Gasteiger partial charge in [-0.1, -0.05) is 13.8 Å². The molecule has 6 heteroatoms. The van der Waals surface area contributed by atoms with Gasteiger partial charge in [-0.05, 0) is 43.6 Å². The topological polar surface area (TPSA) is 57.3 Å². The minimum atomic E-state index is -0.0267. The summed E-state index contributed by atoms with van der Waals surface area (Å²) in [5, 5.41) is 7.00. The molecule has 2 N–H and O–H groups in total. The van der Waals surface area contributed by atoms with E-state index in [1.165, 1.54) is 18.0 Å². The van der Waals surface area contributed by atoms with Crippen molar-refractivity contribution in [2.24, 2.45) is 11.8 Å². The fourth-order valence-electron chi connectivity index (χ4n) is 3.48. The first-order chi connectivity index (χ1) is 10.4. The van der Waals surface area contributed by atoms with E-state index in [1.54, 1.807) is 0 Å². The third-order valence-corrected chi connectivity index (χ3v) is 5.13. The van der Waals surface area contributed by atoms with Crippen LogP contribution in [0.25, 0.3) is 0 Å². The zero-order chi connectivity index (χ0) is 16.3. The summed E-state index contributed by atoms with van der Waals surface area (Å²) in [5.74, 6) is 1.46. The number of amides is 1. The molecular weight excluding hydrogens is 296 g/mol. The first kappa shape index (κ1) is 17.2. The monoisotopic (exact) mass is 324 g/mol. The maximum atomic E-state index is 12.5. The van der Waals surface area contributed by atoms with Crippen molar-refractivity contribution >= 4 is 22.4 Å². The molecule has 1 aliphatic heterocycles. The second kappa shape index (κ2) is 7.42. The Morgan fingerprint density at radius 3 is 2.64 bits per heavy atom. The zero-order valence-electron chi connectivity index (χ0n) is 14.3. The summed E-state index contributed by atoms with van der Waals surface area (Å²) in [4.78, 5) is 15.0. The van der Waals surface area contributed by atoms with Gasteiger partial charge in [0.05, 0.1) is 11.3 Å². The number of anilines is 1. The van der Waals surface area contributed by atoms with Gasteiger partial charge in [0.15, 0.2) is 0 Å². The Morgan fingerprint density at radius 1 is 1.41 bits per heavy atom. The summed E-state index contributed by atoms with van der Waals surface area (Å²) < 4.78 is 4.26. The molecule has 1 amide bonds. The minimum absolute atomic E-state index is 0.0267. The SMILES string of the molecule is CNc1snc(C)c1C(=O)N[C@H](C)CN1C[C@@H](C)C[C@H](C)C1. The molecule has 0 spiro atoms. The molecule has 1 fully saturated rings. The fraction of sp³-hybridized carbons (Fsp3) is 0.750. The summed E-state index contributed by atoms with van der Waals surface area (Å²) in [6.45, 7) is 11.8. The fourth-order valence-corrected chi connectivity index (χ4v) is 4.22. The van der Waals surface area contributed by atoms with E-state index in [2.05, 4.69) is 40.7 Å². The molecule has 124 valence electrons. The lowest BCUT2D eigenvalue weighted by Gasteiger charge is -2.36. The third-order valence-electron chi connectivity index (χ3n) is 4.17. The largest absolute Gasteiger partial charge is 0.378 e. The quantitative estimate of drug-likeness (QED) is 0.874. The van der Waals surface area contributed by atoms with E-state index in [9.17, 15) is 4.79 Å². The summed E-state index contributed by atoms with van der Waals surface area (Å²) in [6.07, 6.45) is 1.31. The zero-order valence-corrected chi connectivity index (χ0v) is 15.1. The van der Waals surface area contributed by atoms with E-state index >= 15 is 0 Å². The van der Waals surface area contributed by atoms with Gasteiger partial charge in [0.1, 0.15) is 5.00 Å². The number of likely N-dealkylation sites (tertiary alicyclic amines) is 1. The van der Waals surface area contributed by atoms with Crippen LogP contribution in [0.2, 0.25) is 0 Å². The van der Waals surface area contributed by atoms with E-state index in [0.29, 0.717) is 5.56 Å². The highest BCUT2D eigenvalue weighted by Crippen LogP contribution is 2.24. The molecule has 2 heterocycles. The van der Waals surface area contributed by atoms with Crippen LogP contribution in [0.1, 0.15) is 43.2 Å². The van der Waals surface area contributed by atoms with Crippen molar-refractivity contribution in [1.29, 1.82) is 0 Å². The van der Waals surface area contributed by atoms with Gasteiger partial charge < -0.3 is 15.5 Å². The Balaban J connectivity index is 1.92. The molecule has 0 aliphatic carbocycles. The Kier molecular flexibility index (Phi) is 5.81. The average molecular weight is 324 g/mol. The Hall–Kier alpha value is -1.14. The predicted molar refractivity (Wildman–Crippen MR) is 92.7 cm³/mol. The lowest BCUT2D eigenvalue weighted by Crippen LogP contribution is -2.47. The van der Waals surface area contributed by atoms with Crippen LogP contribution in [-0.2, 0) is 0 Å². The number of nitrogens with zero attached hydrogens (tertiary/aromatic N) is 2. The highest BCUT2D eigenvalue weighted by atomic mass is 32.1. The van der Waals surface area contributed by atoms with Crippen molar-refractivity contribution in [3.05, 3.63) is 11.3 Å². The number of hydrogen-bond acceptors (Lipinski definition) is 5. The highest BCUT2D eigenvalue weighted by Gasteiger charge is 2.24. The van der Waals surface area contributed by atoms with Crippen molar-refractivity contribution in [1.82, 2.24) is 14.6 Å². The number of carbonyl (C=O) groups is 1. The van der Waals surface area contributed by atoms with Gasteiger partial charge in [-0.25, -0.2) is 0 Å². The summed E-state index contributed by atoms with van der Waals surface area (Å²) in [7, 11) is 1.82. The first-order valence-electron chi connectivity index (χ1n) is 8.08. The van der Waals surface area contributed by atoms with Gasteiger partial charge in [-0.15, -0.1) is 0 Å². The number of nitrogens with one attached hydrogen (secondary N) is 2. The maximum Gasteiger partial charge on any atom is 0.256 e. The van der Waals surface area contributed by atoms with E-state index in [4.69, 9.17) is 0 Å². The Morgan fingerprint density at radius 2 is 2.05 bits per heavy atom. The van der Waals surface area contributed by atoms with Gasteiger partial charge in [-0.2, -0.15) is 4.37 Å². The molecule has 22 heavy (non-hydrogen) atoms.